The van der Waals surface area contributed by atoms with Gasteiger partial charge in [-0.25, -0.2) is 9.97 Å². The van der Waals surface area contributed by atoms with Crippen LogP contribution in [0, 0.1) is 0 Å². The van der Waals surface area contributed by atoms with Crippen LogP contribution in [0.1, 0.15) is 56.5 Å². The van der Waals surface area contributed by atoms with Gasteiger partial charge >= 0.3 is 0 Å². The quantitative estimate of drug-likeness (QED) is 0.420. The fraction of sp³-hybridized carbons (Fsp3) is 0.733. The first kappa shape index (κ1) is 18.9. The Hall–Kier alpha value is -0.190. The largest absolute Gasteiger partial charge is 0.369 e. The monoisotopic (exact) mass is 349 g/mol. The van der Waals surface area contributed by atoms with E-state index in [1.165, 1.54) is 44.2 Å². The summed E-state index contributed by atoms with van der Waals surface area (Å²) in [5, 5.41) is 3.61. The van der Waals surface area contributed by atoms with Crippen LogP contribution in [-0.2, 0) is 0 Å². The molecule has 3 nitrogen and oxygen atoms in total. The summed E-state index contributed by atoms with van der Waals surface area (Å²) in [6.45, 7) is 2.74. The smallest absolute Gasteiger partial charge is 0.148 e. The molecule has 0 amide bonds. The second-order valence-corrected chi connectivity index (χ2v) is 7.10. The van der Waals surface area contributed by atoms with Gasteiger partial charge in [-0.3, -0.25) is 0 Å². The molecule has 120 valence electrons. The lowest BCUT2D eigenvalue weighted by Crippen LogP contribution is -2.06. The molecule has 1 aromatic heterocycles. The Labute approximate surface area is 142 Å². The summed E-state index contributed by atoms with van der Waals surface area (Å²) in [4.78, 5) is 8.29. The van der Waals surface area contributed by atoms with Gasteiger partial charge in [-0.15, -0.1) is 11.6 Å². The Bertz CT molecular complexity index is 403. The number of nitrogens with zero attached hydrogens (tertiary/aromatic N) is 2. The number of aromatic nitrogens is 2. The lowest BCUT2D eigenvalue weighted by Gasteiger charge is -2.11. The Morgan fingerprint density at radius 3 is 2.48 bits per heavy atom. The van der Waals surface area contributed by atoms with Crippen molar-refractivity contribution in [3.05, 3.63) is 17.0 Å². The van der Waals surface area contributed by atoms with Gasteiger partial charge in [0, 0.05) is 6.54 Å². The van der Waals surface area contributed by atoms with Crippen LogP contribution in [0.2, 0.25) is 5.02 Å². The van der Waals surface area contributed by atoms with Crippen LogP contribution in [0.25, 0.3) is 0 Å². The normalized spacial score (nSPS) is 12.4. The Balaban J connectivity index is 2.17. The molecule has 1 aromatic rings. The van der Waals surface area contributed by atoms with Crippen molar-refractivity contribution in [3.63, 3.8) is 0 Å². The molecule has 0 radical (unpaired) electrons. The van der Waals surface area contributed by atoms with Crippen molar-refractivity contribution in [1.82, 2.24) is 9.97 Å². The van der Waals surface area contributed by atoms with Crippen LogP contribution in [0.4, 0.5) is 5.82 Å². The summed E-state index contributed by atoms with van der Waals surface area (Å²) in [5.41, 5.74) is 0.685. The molecule has 1 unspecified atom stereocenters. The van der Waals surface area contributed by atoms with E-state index in [1.807, 2.05) is 18.7 Å². The van der Waals surface area contributed by atoms with Gasteiger partial charge in [0.05, 0.1) is 11.1 Å². The van der Waals surface area contributed by atoms with Crippen LogP contribution < -0.4 is 5.32 Å². The first-order chi connectivity index (χ1) is 10.2. The summed E-state index contributed by atoms with van der Waals surface area (Å²) in [6, 6.07) is 0. The third-order valence-corrected chi connectivity index (χ3v) is 4.54. The molecule has 0 spiro atoms. The Morgan fingerprint density at radius 2 is 1.81 bits per heavy atom. The van der Waals surface area contributed by atoms with Crippen molar-refractivity contribution in [1.29, 1.82) is 0 Å². The summed E-state index contributed by atoms with van der Waals surface area (Å²) in [5.74, 6) is 1.98. The van der Waals surface area contributed by atoms with Crippen LogP contribution in [0.5, 0.6) is 0 Å². The second-order valence-electron chi connectivity index (χ2n) is 5.08. The van der Waals surface area contributed by atoms with E-state index in [4.69, 9.17) is 23.2 Å². The standard InChI is InChI=1S/C15H25Cl2N3S/c1-12(16)14-13(17)15(20-11-19-14)18-9-7-5-3-4-6-8-10-21-2/h11-12H,3-10H2,1-2H3,(H,18,19,20). The molecular formula is C15H25Cl2N3S. The molecule has 0 bridgehead atoms. The fourth-order valence-electron chi connectivity index (χ4n) is 2.07. The molecule has 0 saturated carbocycles. The molecule has 0 fully saturated rings. The first-order valence-corrected chi connectivity index (χ1v) is 9.75. The summed E-state index contributed by atoms with van der Waals surface area (Å²) in [7, 11) is 0. The molecule has 21 heavy (non-hydrogen) atoms. The highest BCUT2D eigenvalue weighted by atomic mass is 35.5. The summed E-state index contributed by atoms with van der Waals surface area (Å²) in [6.07, 6.45) is 11.4. The maximum atomic E-state index is 6.24. The second kappa shape index (κ2) is 11.4. The average molecular weight is 350 g/mol. The van der Waals surface area contributed by atoms with E-state index in [1.54, 1.807) is 0 Å². The van der Waals surface area contributed by atoms with Crippen molar-refractivity contribution < 1.29 is 0 Å². The van der Waals surface area contributed by atoms with Crippen LogP contribution >= 0.6 is 35.0 Å². The van der Waals surface area contributed by atoms with Crippen LogP contribution in [-0.4, -0.2) is 28.5 Å². The van der Waals surface area contributed by atoms with Gasteiger partial charge in [-0.05, 0) is 31.8 Å². The number of anilines is 1. The fourth-order valence-corrected chi connectivity index (χ4v) is 3.11. The van der Waals surface area contributed by atoms with Crippen molar-refractivity contribution in [2.45, 2.75) is 50.8 Å². The number of hydrogen-bond acceptors (Lipinski definition) is 4. The van der Waals surface area contributed by atoms with Gasteiger partial charge in [0.2, 0.25) is 0 Å². The maximum absolute atomic E-state index is 6.24. The minimum atomic E-state index is -0.206. The Morgan fingerprint density at radius 1 is 1.14 bits per heavy atom. The molecule has 1 atom stereocenters. The van der Waals surface area contributed by atoms with Crippen molar-refractivity contribution in [2.24, 2.45) is 0 Å². The molecule has 1 N–H and O–H groups in total. The Kier molecular flexibility index (Phi) is 10.2. The molecule has 1 heterocycles. The number of rotatable bonds is 11. The molecular weight excluding hydrogens is 325 g/mol. The summed E-state index contributed by atoms with van der Waals surface area (Å²) >= 11 is 14.2. The van der Waals surface area contributed by atoms with Gasteiger partial charge in [0.1, 0.15) is 17.2 Å². The number of halogens is 2. The van der Waals surface area contributed by atoms with E-state index in [0.717, 1.165) is 13.0 Å². The van der Waals surface area contributed by atoms with E-state index in [-0.39, 0.29) is 5.38 Å². The first-order valence-electron chi connectivity index (χ1n) is 7.54. The highest BCUT2D eigenvalue weighted by molar-refractivity contribution is 7.98. The molecule has 0 aliphatic heterocycles. The predicted octanol–water partition coefficient (Wildman–Crippen LogP) is 5.55. The minimum Gasteiger partial charge on any atom is -0.369 e. The van der Waals surface area contributed by atoms with E-state index >= 15 is 0 Å². The van der Waals surface area contributed by atoms with Crippen molar-refractivity contribution in [2.75, 3.05) is 23.9 Å². The molecule has 0 saturated heterocycles. The van der Waals surface area contributed by atoms with Gasteiger partial charge in [-0.2, -0.15) is 11.8 Å². The van der Waals surface area contributed by atoms with Crippen molar-refractivity contribution in [3.8, 4) is 0 Å². The van der Waals surface area contributed by atoms with E-state index in [9.17, 15) is 0 Å². The summed E-state index contributed by atoms with van der Waals surface area (Å²) < 4.78 is 0. The van der Waals surface area contributed by atoms with Gasteiger partial charge in [0.15, 0.2) is 0 Å². The number of alkyl halides is 1. The highest BCUT2D eigenvalue weighted by Crippen LogP contribution is 2.29. The number of unbranched alkanes of at least 4 members (excludes halogenated alkanes) is 5. The molecule has 0 aliphatic rings. The SMILES string of the molecule is CSCCCCCCCCNc1ncnc(C(C)Cl)c1Cl. The number of hydrogen-bond donors (Lipinski definition) is 1. The molecule has 1 rings (SSSR count). The number of nitrogens with one attached hydrogen (secondary N) is 1. The third-order valence-electron chi connectivity index (χ3n) is 3.26. The van der Waals surface area contributed by atoms with Crippen molar-refractivity contribution >= 4 is 40.8 Å². The van der Waals surface area contributed by atoms with E-state index in [0.29, 0.717) is 16.5 Å². The van der Waals surface area contributed by atoms with Gasteiger partial charge in [-0.1, -0.05) is 37.3 Å². The maximum Gasteiger partial charge on any atom is 0.148 e. The third kappa shape index (κ3) is 7.57. The van der Waals surface area contributed by atoms with Gasteiger partial charge < -0.3 is 5.32 Å². The zero-order valence-electron chi connectivity index (χ0n) is 12.9. The van der Waals surface area contributed by atoms with E-state index in [2.05, 4.69) is 21.5 Å². The zero-order chi connectivity index (χ0) is 15.5. The topological polar surface area (TPSA) is 37.8 Å². The molecule has 0 aromatic carbocycles. The predicted molar refractivity (Wildman–Crippen MR) is 95.9 cm³/mol. The number of thioether (sulfide) groups is 1. The lowest BCUT2D eigenvalue weighted by molar-refractivity contribution is 0.619. The van der Waals surface area contributed by atoms with E-state index < -0.39 is 0 Å². The lowest BCUT2D eigenvalue weighted by atomic mass is 10.1. The molecule has 6 heteroatoms. The minimum absolute atomic E-state index is 0.206. The van der Waals surface area contributed by atoms with Crippen LogP contribution in [0.3, 0.4) is 0 Å². The molecule has 0 aliphatic carbocycles. The average Bonchev–Trinajstić information content (AvgIpc) is 2.46. The van der Waals surface area contributed by atoms with Crippen LogP contribution in [0.15, 0.2) is 6.33 Å². The highest BCUT2D eigenvalue weighted by Gasteiger charge is 2.12. The van der Waals surface area contributed by atoms with Gasteiger partial charge in [0.25, 0.3) is 0 Å². The zero-order valence-corrected chi connectivity index (χ0v) is 15.2.